The van der Waals surface area contributed by atoms with Gasteiger partial charge in [0, 0.05) is 24.1 Å². The van der Waals surface area contributed by atoms with Gasteiger partial charge in [0.1, 0.15) is 11.6 Å². The minimum Gasteiger partial charge on any atom is -0.438 e. The van der Waals surface area contributed by atoms with Gasteiger partial charge in [0.05, 0.1) is 12.0 Å². The molecule has 0 saturated carbocycles. The summed E-state index contributed by atoms with van der Waals surface area (Å²) in [6, 6.07) is 14.6. The van der Waals surface area contributed by atoms with Crippen molar-refractivity contribution in [1.29, 1.82) is 0 Å². The molecule has 4 aromatic rings. The molecule has 0 aliphatic carbocycles. The number of anilines is 1. The Morgan fingerprint density at radius 2 is 1.73 bits per heavy atom. The number of hydrogen-bond donors (Lipinski definition) is 1. The summed E-state index contributed by atoms with van der Waals surface area (Å²) < 4.78 is 45.4. The van der Waals surface area contributed by atoms with E-state index in [-0.39, 0.29) is 12.3 Å². The number of aromatic nitrogens is 4. The van der Waals surface area contributed by atoms with E-state index in [2.05, 4.69) is 20.5 Å². The van der Waals surface area contributed by atoms with Gasteiger partial charge in [0.15, 0.2) is 5.82 Å². The lowest BCUT2D eigenvalue weighted by molar-refractivity contribution is -0.137. The highest BCUT2D eigenvalue weighted by Gasteiger charge is 2.29. The van der Waals surface area contributed by atoms with Gasteiger partial charge in [-0.15, -0.1) is 10.2 Å². The first kappa shape index (κ1) is 22.0. The van der Waals surface area contributed by atoms with E-state index in [0.29, 0.717) is 28.7 Å². The van der Waals surface area contributed by atoms with Gasteiger partial charge in [-0.1, -0.05) is 12.1 Å². The first-order chi connectivity index (χ1) is 15.8. The number of amides is 1. The average molecular weight is 453 g/mol. The fourth-order valence-electron chi connectivity index (χ4n) is 3.05. The maximum atomic E-state index is 12.6. The Morgan fingerprint density at radius 3 is 2.30 bits per heavy atom. The number of carbonyl (C=O) groups excluding carboxylic acids is 1. The van der Waals surface area contributed by atoms with E-state index >= 15 is 0 Å². The van der Waals surface area contributed by atoms with Crippen LogP contribution in [0.25, 0.3) is 5.82 Å². The number of alkyl halides is 3. The van der Waals surface area contributed by atoms with Crippen LogP contribution < -0.4 is 10.1 Å². The van der Waals surface area contributed by atoms with E-state index in [1.807, 2.05) is 6.92 Å². The Hall–Kier alpha value is -4.21. The Kier molecular flexibility index (Phi) is 6.07. The highest BCUT2D eigenvalue weighted by atomic mass is 19.4. The van der Waals surface area contributed by atoms with Crippen LogP contribution in [0.3, 0.4) is 0 Å². The van der Waals surface area contributed by atoms with Crippen molar-refractivity contribution in [2.24, 2.45) is 0 Å². The summed E-state index contributed by atoms with van der Waals surface area (Å²) in [7, 11) is 0. The van der Waals surface area contributed by atoms with Gasteiger partial charge in [-0.3, -0.25) is 9.36 Å². The predicted molar refractivity (Wildman–Crippen MR) is 114 cm³/mol. The van der Waals surface area contributed by atoms with Crippen molar-refractivity contribution in [1.82, 2.24) is 19.7 Å². The van der Waals surface area contributed by atoms with Crippen molar-refractivity contribution in [3.63, 3.8) is 0 Å². The maximum absolute atomic E-state index is 12.6. The maximum Gasteiger partial charge on any atom is 0.416 e. The van der Waals surface area contributed by atoms with Crippen LogP contribution in [0.5, 0.6) is 11.6 Å². The summed E-state index contributed by atoms with van der Waals surface area (Å²) >= 11 is 0. The number of nitrogens with one attached hydrogen (secondary N) is 1. The molecule has 4 rings (SSSR count). The van der Waals surface area contributed by atoms with Crippen molar-refractivity contribution in [2.45, 2.75) is 19.5 Å². The lowest BCUT2D eigenvalue weighted by Crippen LogP contribution is -2.14. The Morgan fingerprint density at radius 1 is 1.00 bits per heavy atom. The third-order valence-corrected chi connectivity index (χ3v) is 4.71. The second-order valence-corrected chi connectivity index (χ2v) is 7.12. The third kappa shape index (κ3) is 5.53. The van der Waals surface area contributed by atoms with Gasteiger partial charge < -0.3 is 10.1 Å². The van der Waals surface area contributed by atoms with Crippen molar-refractivity contribution >= 4 is 11.6 Å². The topological polar surface area (TPSA) is 81.9 Å². The quantitative estimate of drug-likeness (QED) is 0.446. The molecule has 168 valence electrons. The number of halogens is 3. The van der Waals surface area contributed by atoms with Crippen LogP contribution in [0.4, 0.5) is 18.9 Å². The normalized spacial score (nSPS) is 11.3. The number of carbonyl (C=O) groups is 1. The van der Waals surface area contributed by atoms with Crippen molar-refractivity contribution in [3.8, 4) is 17.4 Å². The number of nitrogens with zero attached hydrogens (tertiary/aromatic N) is 4. The molecule has 0 unspecified atom stereocenters. The molecule has 2 heterocycles. The Balaban J connectivity index is 1.32. The molecule has 0 saturated heterocycles. The molecule has 33 heavy (non-hydrogen) atoms. The minimum atomic E-state index is -4.41. The van der Waals surface area contributed by atoms with E-state index in [0.717, 1.165) is 18.0 Å². The van der Waals surface area contributed by atoms with Crippen molar-refractivity contribution in [2.75, 3.05) is 5.32 Å². The summed E-state index contributed by atoms with van der Waals surface area (Å²) in [5, 5.41) is 10.9. The third-order valence-electron chi connectivity index (χ3n) is 4.71. The van der Waals surface area contributed by atoms with Gasteiger partial charge in [0.25, 0.3) is 0 Å². The Bertz CT molecular complexity index is 1240. The van der Waals surface area contributed by atoms with Crippen LogP contribution in [0.2, 0.25) is 0 Å². The summed E-state index contributed by atoms with van der Waals surface area (Å²) in [4.78, 5) is 16.3. The van der Waals surface area contributed by atoms with E-state index in [1.165, 1.54) is 12.1 Å². The predicted octanol–water partition coefficient (Wildman–Crippen LogP) is 4.96. The van der Waals surface area contributed by atoms with Crippen LogP contribution >= 0.6 is 0 Å². The number of benzene rings is 2. The number of imidazole rings is 1. The molecule has 0 radical (unpaired) electrons. The molecular formula is C23H18F3N5O2. The van der Waals surface area contributed by atoms with Crippen molar-refractivity contribution in [3.05, 3.63) is 90.0 Å². The van der Waals surface area contributed by atoms with Crippen LogP contribution in [0, 0.1) is 6.92 Å². The summed E-state index contributed by atoms with van der Waals surface area (Å²) in [6.45, 7) is 1.86. The number of aryl methyl sites for hydroxylation is 1. The SMILES string of the molecule is Cc1nccn1-c1ccc(Oc2ccc(NC(=O)Cc3ccc(C(F)(F)F)cc3)cc2)nn1. The average Bonchev–Trinajstić information content (AvgIpc) is 3.21. The van der Waals surface area contributed by atoms with Crippen LogP contribution in [0.15, 0.2) is 73.1 Å². The number of hydrogen-bond acceptors (Lipinski definition) is 5. The standard InChI is InChI=1S/C23H18F3N5O2/c1-15-27-12-13-31(15)20-10-11-22(30-29-20)33-19-8-6-18(7-9-19)28-21(32)14-16-2-4-17(5-3-16)23(24,25)26/h2-13H,14H2,1H3,(H,28,32). The highest BCUT2D eigenvalue weighted by molar-refractivity contribution is 5.92. The smallest absolute Gasteiger partial charge is 0.416 e. The molecule has 0 bridgehead atoms. The van der Waals surface area contributed by atoms with E-state index in [4.69, 9.17) is 4.74 Å². The second-order valence-electron chi connectivity index (χ2n) is 7.12. The van der Waals surface area contributed by atoms with Gasteiger partial charge in [-0.25, -0.2) is 4.98 Å². The lowest BCUT2D eigenvalue weighted by Gasteiger charge is -2.09. The van der Waals surface area contributed by atoms with Crippen LogP contribution in [0.1, 0.15) is 17.0 Å². The van der Waals surface area contributed by atoms with Gasteiger partial charge in [-0.2, -0.15) is 13.2 Å². The lowest BCUT2D eigenvalue weighted by atomic mass is 10.1. The van der Waals surface area contributed by atoms with E-state index < -0.39 is 11.7 Å². The zero-order valence-electron chi connectivity index (χ0n) is 17.4. The molecule has 0 fully saturated rings. The summed E-state index contributed by atoms with van der Waals surface area (Å²) in [6.07, 6.45) is -0.998. The number of rotatable bonds is 6. The molecule has 2 aromatic heterocycles. The largest absolute Gasteiger partial charge is 0.438 e. The van der Waals surface area contributed by atoms with E-state index in [9.17, 15) is 18.0 Å². The molecule has 0 spiro atoms. The van der Waals surface area contributed by atoms with Gasteiger partial charge in [-0.05, 0) is 55.0 Å². The number of ether oxygens (including phenoxy) is 1. The summed E-state index contributed by atoms with van der Waals surface area (Å²) in [5.41, 5.74) is 0.253. The van der Waals surface area contributed by atoms with Crippen molar-refractivity contribution < 1.29 is 22.7 Å². The molecule has 0 aliphatic rings. The van der Waals surface area contributed by atoms with E-state index in [1.54, 1.807) is 53.4 Å². The molecule has 1 amide bonds. The van der Waals surface area contributed by atoms with Crippen LogP contribution in [-0.4, -0.2) is 25.7 Å². The van der Waals surface area contributed by atoms with Gasteiger partial charge in [0.2, 0.25) is 11.8 Å². The minimum absolute atomic E-state index is 0.0469. The van der Waals surface area contributed by atoms with Crippen LogP contribution in [-0.2, 0) is 17.4 Å². The first-order valence-electron chi connectivity index (χ1n) is 9.86. The fraction of sp³-hybridized carbons (Fsp3) is 0.130. The Labute approximate surface area is 186 Å². The molecule has 0 aliphatic heterocycles. The zero-order chi connectivity index (χ0) is 23.4. The van der Waals surface area contributed by atoms with Gasteiger partial charge >= 0.3 is 6.18 Å². The molecule has 7 nitrogen and oxygen atoms in total. The molecule has 10 heteroatoms. The highest BCUT2D eigenvalue weighted by Crippen LogP contribution is 2.29. The molecule has 2 aromatic carbocycles. The monoisotopic (exact) mass is 453 g/mol. The molecular weight excluding hydrogens is 435 g/mol. The second kappa shape index (κ2) is 9.11. The zero-order valence-corrected chi connectivity index (χ0v) is 17.4. The molecule has 1 N–H and O–H groups in total. The summed E-state index contributed by atoms with van der Waals surface area (Å²) in [5.74, 6) is 1.85. The molecule has 0 atom stereocenters. The first-order valence-corrected chi connectivity index (χ1v) is 9.86. The fourth-order valence-corrected chi connectivity index (χ4v) is 3.05.